The standard InChI is InChI=1S/C24H29N3O3/c1-16-9-11-19(12-10-16)23(27(4)5)14-25-24(28)20-7-6-8-21(13-20)29-15-22-17(2)26-30-18(22)3/h6-13,23H,14-15H2,1-5H3,(H,25,28). The SMILES string of the molecule is Cc1ccc(C(CNC(=O)c2cccc(OCc3c(C)noc3C)c2)N(C)C)cc1. The summed E-state index contributed by atoms with van der Waals surface area (Å²) in [6, 6.07) is 15.7. The Bertz CT molecular complexity index is 974. The molecule has 1 unspecified atom stereocenters. The van der Waals surface area contributed by atoms with Gasteiger partial charge in [-0.15, -0.1) is 0 Å². The third kappa shape index (κ3) is 5.27. The quantitative estimate of drug-likeness (QED) is 0.606. The molecule has 1 amide bonds. The summed E-state index contributed by atoms with van der Waals surface area (Å²) in [5.41, 5.74) is 4.69. The number of ether oxygens (including phenoxy) is 1. The van der Waals surface area contributed by atoms with Gasteiger partial charge in [0.15, 0.2) is 0 Å². The van der Waals surface area contributed by atoms with E-state index in [2.05, 4.69) is 46.6 Å². The second kappa shape index (κ2) is 9.59. The van der Waals surface area contributed by atoms with Crippen molar-refractivity contribution in [1.82, 2.24) is 15.4 Å². The Balaban J connectivity index is 1.63. The predicted molar refractivity (Wildman–Crippen MR) is 117 cm³/mol. The summed E-state index contributed by atoms with van der Waals surface area (Å²) in [4.78, 5) is 14.8. The second-order valence-corrected chi connectivity index (χ2v) is 7.72. The first-order valence-electron chi connectivity index (χ1n) is 10.0. The van der Waals surface area contributed by atoms with Gasteiger partial charge in [-0.1, -0.05) is 41.1 Å². The molecular weight excluding hydrogens is 378 g/mol. The van der Waals surface area contributed by atoms with Crippen molar-refractivity contribution in [2.45, 2.75) is 33.4 Å². The second-order valence-electron chi connectivity index (χ2n) is 7.72. The Hall–Kier alpha value is -3.12. The van der Waals surface area contributed by atoms with Crippen molar-refractivity contribution in [3.63, 3.8) is 0 Å². The first-order valence-corrected chi connectivity index (χ1v) is 10.0. The van der Waals surface area contributed by atoms with Gasteiger partial charge in [-0.05, 0) is 58.6 Å². The summed E-state index contributed by atoms with van der Waals surface area (Å²) in [5, 5.41) is 6.98. The van der Waals surface area contributed by atoms with E-state index in [4.69, 9.17) is 9.26 Å². The maximum Gasteiger partial charge on any atom is 0.251 e. The van der Waals surface area contributed by atoms with Crippen molar-refractivity contribution in [2.75, 3.05) is 20.6 Å². The highest BCUT2D eigenvalue weighted by Crippen LogP contribution is 2.20. The van der Waals surface area contributed by atoms with Crippen LogP contribution in [-0.4, -0.2) is 36.6 Å². The van der Waals surface area contributed by atoms with Gasteiger partial charge < -0.3 is 19.5 Å². The molecule has 1 aromatic heterocycles. The van der Waals surface area contributed by atoms with E-state index in [1.165, 1.54) is 11.1 Å². The number of aryl methyl sites for hydroxylation is 3. The van der Waals surface area contributed by atoms with Crippen LogP contribution in [0.1, 0.15) is 44.5 Å². The van der Waals surface area contributed by atoms with Gasteiger partial charge in [-0.3, -0.25) is 4.79 Å². The van der Waals surface area contributed by atoms with Crippen LogP contribution in [0.4, 0.5) is 0 Å². The molecule has 0 bridgehead atoms. The lowest BCUT2D eigenvalue weighted by Gasteiger charge is -2.25. The van der Waals surface area contributed by atoms with Gasteiger partial charge >= 0.3 is 0 Å². The van der Waals surface area contributed by atoms with E-state index in [1.54, 1.807) is 12.1 Å². The van der Waals surface area contributed by atoms with Gasteiger partial charge in [0.1, 0.15) is 18.1 Å². The number of benzene rings is 2. The van der Waals surface area contributed by atoms with Crippen LogP contribution in [-0.2, 0) is 6.61 Å². The minimum absolute atomic E-state index is 0.0912. The number of carbonyl (C=O) groups excluding carboxylic acids is 1. The number of carbonyl (C=O) groups is 1. The zero-order valence-corrected chi connectivity index (χ0v) is 18.2. The highest BCUT2D eigenvalue weighted by Gasteiger charge is 2.16. The molecule has 6 nitrogen and oxygen atoms in total. The van der Waals surface area contributed by atoms with E-state index in [0.29, 0.717) is 24.5 Å². The van der Waals surface area contributed by atoms with Gasteiger partial charge in [0, 0.05) is 12.1 Å². The van der Waals surface area contributed by atoms with Crippen LogP contribution < -0.4 is 10.1 Å². The molecular formula is C24H29N3O3. The molecule has 0 radical (unpaired) electrons. The Morgan fingerprint density at radius 1 is 1.13 bits per heavy atom. The van der Waals surface area contributed by atoms with Crippen LogP contribution in [0.25, 0.3) is 0 Å². The normalized spacial score (nSPS) is 12.1. The smallest absolute Gasteiger partial charge is 0.251 e. The third-order valence-electron chi connectivity index (χ3n) is 5.20. The van der Waals surface area contributed by atoms with Crippen LogP contribution in [0.15, 0.2) is 53.1 Å². The number of likely N-dealkylation sites (N-methyl/N-ethyl adjacent to an activating group) is 1. The number of hydrogen-bond donors (Lipinski definition) is 1. The van der Waals surface area contributed by atoms with Crippen molar-refractivity contribution in [1.29, 1.82) is 0 Å². The monoisotopic (exact) mass is 407 g/mol. The van der Waals surface area contributed by atoms with Gasteiger partial charge in [0.25, 0.3) is 5.91 Å². The maximum absolute atomic E-state index is 12.7. The Morgan fingerprint density at radius 2 is 1.87 bits per heavy atom. The van der Waals surface area contributed by atoms with E-state index >= 15 is 0 Å². The van der Waals surface area contributed by atoms with Gasteiger partial charge in [0.05, 0.1) is 17.3 Å². The molecule has 0 aliphatic heterocycles. The van der Waals surface area contributed by atoms with Crippen molar-refractivity contribution in [2.24, 2.45) is 0 Å². The summed E-state index contributed by atoms with van der Waals surface area (Å²) >= 11 is 0. The van der Waals surface area contributed by atoms with E-state index in [1.807, 2.05) is 40.1 Å². The molecule has 0 saturated heterocycles. The maximum atomic E-state index is 12.7. The number of amides is 1. The molecule has 0 saturated carbocycles. The van der Waals surface area contributed by atoms with Crippen molar-refractivity contribution in [3.05, 3.63) is 82.2 Å². The van der Waals surface area contributed by atoms with Crippen LogP contribution in [0, 0.1) is 20.8 Å². The lowest BCUT2D eigenvalue weighted by atomic mass is 10.0. The van der Waals surface area contributed by atoms with Crippen LogP contribution in [0.2, 0.25) is 0 Å². The fourth-order valence-corrected chi connectivity index (χ4v) is 3.27. The van der Waals surface area contributed by atoms with E-state index in [0.717, 1.165) is 17.0 Å². The fourth-order valence-electron chi connectivity index (χ4n) is 3.27. The summed E-state index contributed by atoms with van der Waals surface area (Å²) < 4.78 is 11.0. The van der Waals surface area contributed by atoms with Gasteiger partial charge in [0.2, 0.25) is 0 Å². The van der Waals surface area contributed by atoms with Crippen molar-refractivity contribution in [3.8, 4) is 5.75 Å². The molecule has 2 aromatic carbocycles. The van der Waals surface area contributed by atoms with E-state index < -0.39 is 0 Å². The van der Waals surface area contributed by atoms with Gasteiger partial charge in [-0.25, -0.2) is 0 Å². The van der Waals surface area contributed by atoms with Crippen LogP contribution >= 0.6 is 0 Å². The highest BCUT2D eigenvalue weighted by molar-refractivity contribution is 5.94. The first-order chi connectivity index (χ1) is 14.3. The molecule has 0 fully saturated rings. The number of hydrogen-bond acceptors (Lipinski definition) is 5. The summed E-state index contributed by atoms with van der Waals surface area (Å²) in [7, 11) is 4.03. The topological polar surface area (TPSA) is 67.6 Å². The third-order valence-corrected chi connectivity index (χ3v) is 5.20. The molecule has 0 aliphatic rings. The minimum atomic E-state index is -0.128. The summed E-state index contributed by atoms with van der Waals surface area (Å²) in [5.74, 6) is 1.24. The molecule has 1 heterocycles. The molecule has 158 valence electrons. The zero-order valence-electron chi connectivity index (χ0n) is 18.2. The molecule has 3 rings (SSSR count). The molecule has 1 N–H and O–H groups in total. The largest absolute Gasteiger partial charge is 0.489 e. The zero-order chi connectivity index (χ0) is 21.7. The van der Waals surface area contributed by atoms with Crippen LogP contribution in [0.5, 0.6) is 5.75 Å². The molecule has 3 aromatic rings. The average molecular weight is 408 g/mol. The van der Waals surface area contributed by atoms with Gasteiger partial charge in [-0.2, -0.15) is 0 Å². The first kappa shape index (κ1) is 21.6. The van der Waals surface area contributed by atoms with E-state index in [-0.39, 0.29) is 11.9 Å². The molecule has 1 atom stereocenters. The Labute approximate surface area is 177 Å². The van der Waals surface area contributed by atoms with Crippen molar-refractivity contribution >= 4 is 5.91 Å². The van der Waals surface area contributed by atoms with E-state index in [9.17, 15) is 4.79 Å². The molecule has 0 spiro atoms. The Morgan fingerprint density at radius 3 is 2.50 bits per heavy atom. The van der Waals surface area contributed by atoms with Crippen LogP contribution in [0.3, 0.4) is 0 Å². The highest BCUT2D eigenvalue weighted by atomic mass is 16.5. The fraction of sp³-hybridized carbons (Fsp3) is 0.333. The minimum Gasteiger partial charge on any atom is -0.489 e. The number of aromatic nitrogens is 1. The molecule has 6 heteroatoms. The van der Waals surface area contributed by atoms with Crippen molar-refractivity contribution < 1.29 is 14.1 Å². The predicted octanol–water partition coefficient (Wildman–Crippen LogP) is 4.21. The Kier molecular flexibility index (Phi) is 6.90. The number of nitrogens with one attached hydrogen (secondary N) is 1. The number of nitrogens with zero attached hydrogens (tertiary/aromatic N) is 2. The molecule has 0 aliphatic carbocycles. The molecule has 30 heavy (non-hydrogen) atoms. The lowest BCUT2D eigenvalue weighted by molar-refractivity contribution is 0.0941. The lowest BCUT2D eigenvalue weighted by Crippen LogP contribution is -2.34. The average Bonchev–Trinajstić information content (AvgIpc) is 3.05. The summed E-state index contributed by atoms with van der Waals surface area (Å²) in [6.07, 6.45) is 0. The number of rotatable bonds is 8. The summed E-state index contributed by atoms with van der Waals surface area (Å²) in [6.45, 7) is 6.67.